The number of thiophene rings is 1. The zero-order valence-corrected chi connectivity index (χ0v) is 31.4. The number of pyridine rings is 5. The van der Waals surface area contributed by atoms with Crippen molar-refractivity contribution in [3.63, 3.8) is 0 Å². The predicted molar refractivity (Wildman–Crippen MR) is 234 cm³/mol. The smallest absolute Gasteiger partial charge is 0.0964 e. The zero-order valence-electron chi connectivity index (χ0n) is 30.6. The maximum absolute atomic E-state index is 7.02. The molecule has 11 rings (SSSR count). The van der Waals surface area contributed by atoms with E-state index < -0.39 is 0 Å². The maximum atomic E-state index is 7.02. The van der Waals surface area contributed by atoms with Crippen LogP contribution in [-0.2, 0) is 12.8 Å². The van der Waals surface area contributed by atoms with E-state index in [-0.39, 0.29) is 0 Å². The average Bonchev–Trinajstić information content (AvgIpc) is 3.90. The first-order chi connectivity index (χ1) is 27.7. The second kappa shape index (κ2) is 17.5. The van der Waals surface area contributed by atoms with Gasteiger partial charge in [0.25, 0.3) is 0 Å². The molecular formula is C49H38N6S. The molecule has 0 aliphatic heterocycles. The average molecular weight is 743 g/mol. The Balaban J connectivity index is 0.000000105. The summed E-state index contributed by atoms with van der Waals surface area (Å²) >= 11 is 1.79. The fourth-order valence-electron chi connectivity index (χ4n) is 6.97. The normalized spacial score (nSPS) is 13.3. The Morgan fingerprint density at radius 2 is 1.11 bits per heavy atom. The van der Waals surface area contributed by atoms with Crippen molar-refractivity contribution >= 4 is 61.6 Å². The minimum absolute atomic E-state index is 0.724. The van der Waals surface area contributed by atoms with Gasteiger partial charge in [-0.3, -0.25) is 24.9 Å². The molecule has 0 saturated carbocycles. The summed E-state index contributed by atoms with van der Waals surface area (Å²) in [6, 6.07) is 44.7. The highest BCUT2D eigenvalue weighted by molar-refractivity contribution is 7.22. The largest absolute Gasteiger partial charge is 0.309 e. The van der Waals surface area contributed by atoms with E-state index in [4.69, 9.17) is 5.41 Å². The molecule has 2 aliphatic rings. The summed E-state index contributed by atoms with van der Waals surface area (Å²) in [4.78, 5) is 22.7. The van der Waals surface area contributed by atoms with Gasteiger partial charge >= 0.3 is 0 Å². The number of aromatic nitrogens is 5. The molecule has 6 nitrogen and oxygen atoms in total. The summed E-state index contributed by atoms with van der Waals surface area (Å²) in [5, 5.41) is 10.6. The molecule has 2 bridgehead atoms. The van der Waals surface area contributed by atoms with E-state index >= 15 is 0 Å². The first-order valence-electron chi connectivity index (χ1n) is 18.5. The van der Waals surface area contributed by atoms with Crippen molar-refractivity contribution in [2.75, 3.05) is 0 Å². The highest BCUT2D eigenvalue weighted by atomic mass is 32.1. The highest BCUT2D eigenvalue weighted by Crippen LogP contribution is 2.38. The molecule has 1 N–H and O–H groups in total. The van der Waals surface area contributed by atoms with Gasteiger partial charge in [-0.2, -0.15) is 0 Å². The molecule has 3 aromatic carbocycles. The van der Waals surface area contributed by atoms with Crippen molar-refractivity contribution in [1.82, 2.24) is 24.9 Å². The van der Waals surface area contributed by atoms with Gasteiger partial charge in [-0.1, -0.05) is 91.0 Å². The lowest BCUT2D eigenvalue weighted by atomic mass is 9.95. The lowest BCUT2D eigenvalue weighted by Crippen LogP contribution is -1.97. The molecule has 1 atom stereocenters. The summed E-state index contributed by atoms with van der Waals surface area (Å²) in [6.45, 7) is 0. The SMILES string of the molecule is N=C/C=C\c1ccc2c3c1C[C@H](C=C2)C3.c1ccc(-c2cc3ccccc3s2)nc1.c1ccc(-c2ccccn2)nc1.c1cnc2c(c1)ccc1cccnc12. The monoisotopic (exact) mass is 742 g/mol. The Labute approximate surface area is 330 Å². The first kappa shape index (κ1) is 36.0. The van der Waals surface area contributed by atoms with Crippen molar-refractivity contribution in [3.8, 4) is 22.0 Å². The van der Waals surface area contributed by atoms with Crippen LogP contribution in [0.2, 0.25) is 0 Å². The quantitative estimate of drug-likeness (QED) is 0.143. The van der Waals surface area contributed by atoms with Crippen molar-refractivity contribution in [3.05, 3.63) is 199 Å². The van der Waals surface area contributed by atoms with Crippen LogP contribution in [0, 0.1) is 11.3 Å². The molecule has 0 spiro atoms. The minimum atomic E-state index is 0.724. The number of nitrogens with zero attached hydrogens (tertiary/aromatic N) is 5. The molecule has 0 fully saturated rings. The van der Waals surface area contributed by atoms with Gasteiger partial charge in [0.15, 0.2) is 0 Å². The summed E-state index contributed by atoms with van der Waals surface area (Å²) < 4.78 is 1.32. The van der Waals surface area contributed by atoms with Gasteiger partial charge in [-0.25, -0.2) is 0 Å². The molecule has 0 saturated heterocycles. The number of fused-ring (bicyclic) bond motifs is 5. The van der Waals surface area contributed by atoms with E-state index in [0.717, 1.165) is 44.8 Å². The van der Waals surface area contributed by atoms with Gasteiger partial charge in [-0.05, 0) is 113 Å². The number of hydrogen-bond donors (Lipinski definition) is 1. The zero-order chi connectivity index (χ0) is 37.9. The Bertz CT molecular complexity index is 2650. The third-order valence-corrected chi connectivity index (χ3v) is 10.8. The number of benzene rings is 3. The number of allylic oxidation sites excluding steroid dienone is 2. The van der Waals surface area contributed by atoms with E-state index in [1.807, 2.05) is 79.0 Å². The van der Waals surface area contributed by atoms with Crippen molar-refractivity contribution in [1.29, 1.82) is 5.41 Å². The van der Waals surface area contributed by atoms with Gasteiger partial charge in [0.1, 0.15) is 0 Å². The Hall–Kier alpha value is -6.96. The molecule has 2 aliphatic carbocycles. The van der Waals surface area contributed by atoms with E-state index in [1.165, 1.54) is 56.3 Å². The second-order valence-electron chi connectivity index (χ2n) is 13.3. The second-order valence-corrected chi connectivity index (χ2v) is 14.3. The van der Waals surface area contributed by atoms with E-state index in [0.29, 0.717) is 0 Å². The molecule has 6 heterocycles. The maximum Gasteiger partial charge on any atom is 0.0964 e. The standard InChI is InChI=1S/C14H13N.C13H9NS.C12H8N2.C10H8N2/c15-7-1-2-11-5-6-12-4-3-10-8-13(11)14(12)9-10;1-2-7-12-10(5-1)9-13(15-12)11-6-3-4-8-14-11;1-3-9-5-6-10-4-2-8-14-12(10)11(9)13-7-1;1-3-7-11-9(5-1)10-6-2-4-8-12-10/h1-7,10,15H,8-9H2;1-9H;1-8H;1-8H/b2-1-,15-7?;;;/t10-;;;/m0.../s1. The van der Waals surface area contributed by atoms with Crippen LogP contribution >= 0.6 is 11.3 Å². The summed E-state index contributed by atoms with van der Waals surface area (Å²) in [5.74, 6) is 0.724. The molecule has 0 radical (unpaired) electrons. The van der Waals surface area contributed by atoms with Crippen molar-refractivity contribution in [2.45, 2.75) is 12.8 Å². The predicted octanol–water partition coefficient (Wildman–Crippen LogP) is 12.0. The number of rotatable bonds is 4. The van der Waals surface area contributed by atoms with Crippen LogP contribution < -0.4 is 0 Å². The molecular weight excluding hydrogens is 705 g/mol. The third kappa shape index (κ3) is 8.39. The van der Waals surface area contributed by atoms with Crippen molar-refractivity contribution < 1.29 is 0 Å². The Kier molecular flexibility index (Phi) is 11.2. The van der Waals surface area contributed by atoms with Crippen LogP contribution in [0.15, 0.2) is 177 Å². The van der Waals surface area contributed by atoms with Crippen LogP contribution in [0.1, 0.15) is 22.3 Å². The fraction of sp³-hybridized carbons (Fsp3) is 0.0612. The summed E-state index contributed by atoms with van der Waals surface area (Å²) in [6.07, 6.45) is 21.1. The molecule has 56 heavy (non-hydrogen) atoms. The number of nitrogens with one attached hydrogen (secondary N) is 1. The van der Waals surface area contributed by atoms with Crippen LogP contribution in [-0.4, -0.2) is 31.1 Å². The van der Waals surface area contributed by atoms with Crippen LogP contribution in [0.25, 0.3) is 66.0 Å². The van der Waals surface area contributed by atoms with E-state index in [1.54, 1.807) is 42.2 Å². The lowest BCUT2D eigenvalue weighted by Gasteiger charge is -2.09. The van der Waals surface area contributed by atoms with E-state index in [2.05, 4.69) is 104 Å². The first-order valence-corrected chi connectivity index (χ1v) is 19.4. The molecule has 7 heteroatoms. The van der Waals surface area contributed by atoms with Crippen LogP contribution in [0.3, 0.4) is 0 Å². The van der Waals surface area contributed by atoms with Crippen LogP contribution in [0.4, 0.5) is 0 Å². The topological polar surface area (TPSA) is 88.3 Å². The molecule has 0 amide bonds. The van der Waals surface area contributed by atoms with Gasteiger partial charge in [-0.15, -0.1) is 11.3 Å². The Morgan fingerprint density at radius 3 is 1.71 bits per heavy atom. The van der Waals surface area contributed by atoms with Gasteiger partial charge in [0.2, 0.25) is 0 Å². The van der Waals surface area contributed by atoms with Gasteiger partial charge < -0.3 is 5.41 Å². The van der Waals surface area contributed by atoms with Crippen molar-refractivity contribution in [2.24, 2.45) is 5.92 Å². The van der Waals surface area contributed by atoms with Gasteiger partial charge in [0.05, 0.1) is 33.0 Å². The molecule has 0 unspecified atom stereocenters. The fourth-order valence-corrected chi connectivity index (χ4v) is 8.01. The Morgan fingerprint density at radius 1 is 0.536 bits per heavy atom. The molecule has 6 aromatic heterocycles. The highest BCUT2D eigenvalue weighted by Gasteiger charge is 2.26. The third-order valence-electron chi connectivity index (χ3n) is 9.64. The summed E-state index contributed by atoms with van der Waals surface area (Å²) in [5.41, 5.74) is 10.6. The van der Waals surface area contributed by atoms with E-state index in [9.17, 15) is 0 Å². The molecule has 9 aromatic rings. The minimum Gasteiger partial charge on any atom is -0.309 e. The van der Waals surface area contributed by atoms with Crippen LogP contribution in [0.5, 0.6) is 0 Å². The lowest BCUT2D eigenvalue weighted by molar-refractivity contribution is 0.702. The summed E-state index contributed by atoms with van der Waals surface area (Å²) in [7, 11) is 0. The van der Waals surface area contributed by atoms with Gasteiger partial charge in [0, 0.05) is 52.7 Å². The molecule has 270 valence electrons. The number of hydrogen-bond acceptors (Lipinski definition) is 7.